The SMILES string of the molecule is Cc1cc(N2C[C@H](C)n3nccc3C2=O)ccc1F. The number of anilines is 1. The number of nitrogens with zero attached hydrogens (tertiary/aromatic N) is 3. The molecule has 0 fully saturated rings. The van der Waals surface area contributed by atoms with Gasteiger partial charge in [-0.1, -0.05) is 0 Å². The van der Waals surface area contributed by atoms with Crippen molar-refractivity contribution in [3.8, 4) is 0 Å². The summed E-state index contributed by atoms with van der Waals surface area (Å²) in [7, 11) is 0. The predicted molar refractivity (Wildman–Crippen MR) is 69.8 cm³/mol. The molecule has 0 spiro atoms. The molecule has 1 amide bonds. The third-order valence-corrected chi connectivity index (χ3v) is 3.45. The molecular weight excluding hydrogens is 245 g/mol. The van der Waals surface area contributed by atoms with Gasteiger partial charge in [-0.3, -0.25) is 9.48 Å². The number of aromatic nitrogens is 2. The first-order chi connectivity index (χ1) is 9.08. The zero-order valence-electron chi connectivity index (χ0n) is 10.8. The molecule has 2 heterocycles. The minimum Gasteiger partial charge on any atom is -0.305 e. The molecule has 0 N–H and O–H groups in total. The molecule has 1 aromatic heterocycles. The van der Waals surface area contributed by atoms with Gasteiger partial charge in [0.1, 0.15) is 11.5 Å². The lowest BCUT2D eigenvalue weighted by atomic mass is 10.1. The first-order valence-corrected chi connectivity index (χ1v) is 6.19. The Kier molecular flexibility index (Phi) is 2.62. The first kappa shape index (κ1) is 11.9. The van der Waals surface area contributed by atoms with Crippen LogP contribution in [0.4, 0.5) is 10.1 Å². The molecule has 2 aromatic rings. The van der Waals surface area contributed by atoms with Gasteiger partial charge in [0.15, 0.2) is 0 Å². The number of fused-ring (bicyclic) bond motifs is 1. The van der Waals surface area contributed by atoms with Crippen LogP contribution < -0.4 is 4.90 Å². The molecule has 0 radical (unpaired) electrons. The van der Waals surface area contributed by atoms with Gasteiger partial charge in [-0.25, -0.2) is 4.39 Å². The quantitative estimate of drug-likeness (QED) is 0.789. The van der Waals surface area contributed by atoms with Gasteiger partial charge in [-0.05, 0) is 43.7 Å². The highest BCUT2D eigenvalue weighted by atomic mass is 19.1. The number of rotatable bonds is 1. The Morgan fingerprint density at radius 2 is 2.16 bits per heavy atom. The minimum absolute atomic E-state index is 0.0957. The Balaban J connectivity index is 2.03. The fraction of sp³-hybridized carbons (Fsp3) is 0.286. The number of halogens is 1. The van der Waals surface area contributed by atoms with Gasteiger partial charge in [-0.2, -0.15) is 5.10 Å². The molecular formula is C14H14FN3O. The molecule has 3 rings (SSSR count). The van der Waals surface area contributed by atoms with Crippen LogP contribution in [0.5, 0.6) is 0 Å². The van der Waals surface area contributed by atoms with Crippen molar-refractivity contribution < 1.29 is 9.18 Å². The normalized spacial score (nSPS) is 18.6. The second-order valence-corrected chi connectivity index (χ2v) is 4.86. The van der Waals surface area contributed by atoms with Gasteiger partial charge >= 0.3 is 0 Å². The molecule has 0 saturated heterocycles. The van der Waals surface area contributed by atoms with Crippen LogP contribution in [0.15, 0.2) is 30.5 Å². The summed E-state index contributed by atoms with van der Waals surface area (Å²) >= 11 is 0. The number of amides is 1. The molecule has 0 unspecified atom stereocenters. The summed E-state index contributed by atoms with van der Waals surface area (Å²) in [5.74, 6) is -0.354. The Morgan fingerprint density at radius 3 is 2.89 bits per heavy atom. The zero-order valence-corrected chi connectivity index (χ0v) is 10.8. The maximum atomic E-state index is 13.3. The predicted octanol–water partition coefficient (Wildman–Crippen LogP) is 2.55. The summed E-state index contributed by atoms with van der Waals surface area (Å²) in [6.45, 7) is 4.24. The molecule has 0 saturated carbocycles. The van der Waals surface area contributed by atoms with E-state index >= 15 is 0 Å². The fourth-order valence-electron chi connectivity index (χ4n) is 2.42. The molecule has 0 bridgehead atoms. The molecule has 1 aliphatic heterocycles. The Bertz CT molecular complexity index is 650. The number of benzene rings is 1. The van der Waals surface area contributed by atoms with E-state index in [1.807, 2.05) is 6.92 Å². The molecule has 1 aliphatic rings. The standard InChI is InChI=1S/C14H14FN3O/c1-9-7-11(3-4-12(9)15)17-8-10(2)18-13(14(17)19)5-6-16-18/h3-7,10H,8H2,1-2H3/t10-/m0/s1. The van der Waals surface area contributed by atoms with E-state index in [1.165, 1.54) is 6.07 Å². The van der Waals surface area contributed by atoms with E-state index in [4.69, 9.17) is 0 Å². The van der Waals surface area contributed by atoms with Crippen LogP contribution in [-0.2, 0) is 0 Å². The first-order valence-electron chi connectivity index (χ1n) is 6.19. The van der Waals surface area contributed by atoms with Crippen molar-refractivity contribution in [3.63, 3.8) is 0 Å². The van der Waals surface area contributed by atoms with E-state index in [9.17, 15) is 9.18 Å². The number of hydrogen-bond donors (Lipinski definition) is 0. The summed E-state index contributed by atoms with van der Waals surface area (Å²) < 4.78 is 15.0. The number of carbonyl (C=O) groups is 1. The van der Waals surface area contributed by atoms with E-state index in [-0.39, 0.29) is 17.8 Å². The average Bonchev–Trinajstić information content (AvgIpc) is 2.87. The monoisotopic (exact) mass is 259 g/mol. The van der Waals surface area contributed by atoms with Crippen molar-refractivity contribution in [2.24, 2.45) is 0 Å². The number of carbonyl (C=O) groups excluding carboxylic acids is 1. The average molecular weight is 259 g/mol. The summed E-state index contributed by atoms with van der Waals surface area (Å²) in [6.07, 6.45) is 1.63. The third-order valence-electron chi connectivity index (χ3n) is 3.45. The van der Waals surface area contributed by atoms with Crippen molar-refractivity contribution in [3.05, 3.63) is 47.5 Å². The van der Waals surface area contributed by atoms with E-state index in [1.54, 1.807) is 40.9 Å². The van der Waals surface area contributed by atoms with Crippen molar-refractivity contribution in [1.29, 1.82) is 0 Å². The second kappa shape index (κ2) is 4.19. The lowest BCUT2D eigenvalue weighted by molar-refractivity contribution is 0.0953. The summed E-state index contributed by atoms with van der Waals surface area (Å²) in [5.41, 5.74) is 1.83. The minimum atomic E-state index is -0.258. The van der Waals surface area contributed by atoms with Gasteiger partial charge in [0.2, 0.25) is 0 Å². The molecule has 98 valence electrons. The summed E-state index contributed by atoms with van der Waals surface area (Å²) in [6, 6.07) is 6.55. The van der Waals surface area contributed by atoms with E-state index in [0.29, 0.717) is 17.8 Å². The van der Waals surface area contributed by atoms with Crippen LogP contribution in [0, 0.1) is 12.7 Å². The Labute approximate surface area is 110 Å². The fourth-order valence-corrected chi connectivity index (χ4v) is 2.42. The van der Waals surface area contributed by atoms with E-state index in [2.05, 4.69) is 5.10 Å². The second-order valence-electron chi connectivity index (χ2n) is 4.86. The van der Waals surface area contributed by atoms with Crippen molar-refractivity contribution in [1.82, 2.24) is 9.78 Å². The van der Waals surface area contributed by atoms with Crippen molar-refractivity contribution in [2.45, 2.75) is 19.9 Å². The van der Waals surface area contributed by atoms with Gasteiger partial charge in [0, 0.05) is 18.4 Å². The van der Waals surface area contributed by atoms with Gasteiger partial charge < -0.3 is 4.90 Å². The largest absolute Gasteiger partial charge is 0.305 e. The summed E-state index contributed by atoms with van der Waals surface area (Å²) in [5, 5.41) is 4.16. The highest BCUT2D eigenvalue weighted by Crippen LogP contribution is 2.26. The molecule has 5 heteroatoms. The van der Waals surface area contributed by atoms with Gasteiger partial charge in [-0.15, -0.1) is 0 Å². The lowest BCUT2D eigenvalue weighted by Crippen LogP contribution is -2.42. The van der Waals surface area contributed by atoms with Crippen molar-refractivity contribution >= 4 is 11.6 Å². The van der Waals surface area contributed by atoms with Gasteiger partial charge in [0.05, 0.1) is 6.04 Å². The molecule has 1 atom stereocenters. The molecule has 4 nitrogen and oxygen atoms in total. The van der Waals surface area contributed by atoms with Gasteiger partial charge in [0.25, 0.3) is 5.91 Å². The lowest BCUT2D eigenvalue weighted by Gasteiger charge is -2.32. The summed E-state index contributed by atoms with van der Waals surface area (Å²) in [4.78, 5) is 14.1. The number of hydrogen-bond acceptors (Lipinski definition) is 2. The smallest absolute Gasteiger partial charge is 0.276 e. The van der Waals surface area contributed by atoms with Crippen LogP contribution in [0.3, 0.4) is 0 Å². The van der Waals surface area contributed by atoms with Crippen molar-refractivity contribution in [2.75, 3.05) is 11.4 Å². The topological polar surface area (TPSA) is 38.1 Å². The number of aryl methyl sites for hydroxylation is 1. The zero-order chi connectivity index (χ0) is 13.6. The Hall–Kier alpha value is -2.17. The molecule has 19 heavy (non-hydrogen) atoms. The maximum Gasteiger partial charge on any atom is 0.276 e. The van der Waals surface area contributed by atoms with Crippen LogP contribution >= 0.6 is 0 Å². The van der Waals surface area contributed by atoms with Crippen LogP contribution in [0.1, 0.15) is 29.0 Å². The highest BCUT2D eigenvalue weighted by Gasteiger charge is 2.30. The Morgan fingerprint density at radius 1 is 1.37 bits per heavy atom. The van der Waals surface area contributed by atoms with E-state index in [0.717, 1.165) is 5.69 Å². The van der Waals surface area contributed by atoms with E-state index < -0.39 is 0 Å². The molecule has 1 aromatic carbocycles. The van der Waals surface area contributed by atoms with Crippen LogP contribution in [0.2, 0.25) is 0 Å². The van der Waals surface area contributed by atoms with Crippen LogP contribution in [-0.4, -0.2) is 22.2 Å². The highest BCUT2D eigenvalue weighted by molar-refractivity contribution is 6.05. The van der Waals surface area contributed by atoms with Crippen LogP contribution in [0.25, 0.3) is 0 Å². The molecule has 0 aliphatic carbocycles. The maximum absolute atomic E-state index is 13.3. The third kappa shape index (κ3) is 1.82.